The van der Waals surface area contributed by atoms with Gasteiger partial charge in [-0.25, -0.2) is 9.78 Å². The third kappa shape index (κ3) is 2.49. The number of nitrogens with zero attached hydrogens (tertiary/aromatic N) is 2. The molecule has 0 radical (unpaired) electrons. The molecule has 1 unspecified atom stereocenters. The fourth-order valence-electron chi connectivity index (χ4n) is 2.39. The van der Waals surface area contributed by atoms with Gasteiger partial charge in [0, 0.05) is 25.2 Å². The SMILES string of the molecule is COC(=O)c1cnc(NC2CCN(C3CC3)C2)s1. The van der Waals surface area contributed by atoms with Crippen LogP contribution in [0, 0.1) is 0 Å². The average molecular weight is 267 g/mol. The van der Waals surface area contributed by atoms with Crippen LogP contribution in [-0.4, -0.2) is 48.1 Å². The number of methoxy groups -OCH3 is 1. The van der Waals surface area contributed by atoms with Crippen LogP contribution in [0.5, 0.6) is 0 Å². The van der Waals surface area contributed by atoms with Gasteiger partial charge in [0.15, 0.2) is 5.13 Å². The molecule has 2 aliphatic rings. The van der Waals surface area contributed by atoms with Crippen molar-refractivity contribution in [1.82, 2.24) is 9.88 Å². The van der Waals surface area contributed by atoms with Gasteiger partial charge in [-0.1, -0.05) is 11.3 Å². The third-order valence-electron chi connectivity index (χ3n) is 3.50. The minimum absolute atomic E-state index is 0.313. The Labute approximate surface area is 110 Å². The zero-order valence-electron chi connectivity index (χ0n) is 10.4. The van der Waals surface area contributed by atoms with Crippen molar-refractivity contribution in [2.45, 2.75) is 31.3 Å². The Hall–Kier alpha value is -1.14. The second-order valence-electron chi connectivity index (χ2n) is 4.88. The number of hydrogen-bond donors (Lipinski definition) is 1. The van der Waals surface area contributed by atoms with Gasteiger partial charge in [-0.2, -0.15) is 0 Å². The number of ether oxygens (including phenoxy) is 1. The number of rotatable bonds is 4. The molecule has 3 rings (SSSR count). The number of aromatic nitrogens is 1. The van der Waals surface area contributed by atoms with Gasteiger partial charge in [-0.15, -0.1) is 0 Å². The summed E-state index contributed by atoms with van der Waals surface area (Å²) in [5.41, 5.74) is 0. The van der Waals surface area contributed by atoms with Crippen LogP contribution in [-0.2, 0) is 4.74 Å². The van der Waals surface area contributed by atoms with E-state index in [0.29, 0.717) is 10.9 Å². The van der Waals surface area contributed by atoms with Gasteiger partial charge in [0.25, 0.3) is 0 Å². The molecule has 1 aromatic heterocycles. The zero-order valence-corrected chi connectivity index (χ0v) is 11.2. The topological polar surface area (TPSA) is 54.5 Å². The molecule has 6 heteroatoms. The summed E-state index contributed by atoms with van der Waals surface area (Å²) in [7, 11) is 1.39. The van der Waals surface area contributed by atoms with Crippen LogP contribution in [0.1, 0.15) is 28.9 Å². The monoisotopic (exact) mass is 267 g/mol. The second-order valence-corrected chi connectivity index (χ2v) is 5.91. The lowest BCUT2D eigenvalue weighted by Gasteiger charge is -2.15. The van der Waals surface area contributed by atoms with Gasteiger partial charge in [-0.3, -0.25) is 4.90 Å². The van der Waals surface area contributed by atoms with Crippen LogP contribution in [0.2, 0.25) is 0 Å². The molecule has 0 spiro atoms. The van der Waals surface area contributed by atoms with Gasteiger partial charge in [0.05, 0.1) is 13.3 Å². The van der Waals surface area contributed by atoms with Crippen LogP contribution < -0.4 is 5.32 Å². The van der Waals surface area contributed by atoms with E-state index < -0.39 is 0 Å². The maximum Gasteiger partial charge on any atom is 0.349 e. The van der Waals surface area contributed by atoms with E-state index >= 15 is 0 Å². The third-order valence-corrected chi connectivity index (χ3v) is 4.41. The molecule has 1 atom stereocenters. The van der Waals surface area contributed by atoms with Gasteiger partial charge >= 0.3 is 5.97 Å². The number of nitrogens with one attached hydrogen (secondary N) is 1. The average Bonchev–Trinajstić information content (AvgIpc) is 2.96. The summed E-state index contributed by atoms with van der Waals surface area (Å²) in [6.07, 6.45) is 5.45. The molecule has 98 valence electrons. The molecule has 5 nitrogen and oxygen atoms in total. The molecule has 2 fully saturated rings. The van der Waals surface area contributed by atoms with E-state index in [9.17, 15) is 4.79 Å². The molecule has 1 N–H and O–H groups in total. The van der Waals surface area contributed by atoms with Gasteiger partial charge < -0.3 is 10.1 Å². The Morgan fingerprint density at radius 3 is 3.11 bits per heavy atom. The molecule has 0 amide bonds. The first kappa shape index (κ1) is 11.9. The molecule has 1 aliphatic carbocycles. The van der Waals surface area contributed by atoms with Crippen molar-refractivity contribution in [3.05, 3.63) is 11.1 Å². The number of carbonyl (C=O) groups is 1. The van der Waals surface area contributed by atoms with E-state index in [2.05, 4.69) is 19.9 Å². The summed E-state index contributed by atoms with van der Waals surface area (Å²) in [6, 6.07) is 1.29. The Bertz CT molecular complexity index is 444. The maximum absolute atomic E-state index is 11.3. The first-order valence-corrected chi connectivity index (χ1v) is 7.12. The van der Waals surface area contributed by atoms with Crippen molar-refractivity contribution in [3.8, 4) is 0 Å². The van der Waals surface area contributed by atoms with Gasteiger partial charge in [-0.05, 0) is 19.3 Å². The largest absolute Gasteiger partial charge is 0.465 e. The van der Waals surface area contributed by atoms with Crippen LogP contribution >= 0.6 is 11.3 Å². The zero-order chi connectivity index (χ0) is 12.5. The highest BCUT2D eigenvalue weighted by molar-refractivity contribution is 7.17. The highest BCUT2D eigenvalue weighted by Gasteiger charge is 2.34. The predicted molar refractivity (Wildman–Crippen MR) is 70.1 cm³/mol. The molecule has 18 heavy (non-hydrogen) atoms. The van der Waals surface area contributed by atoms with Crippen LogP contribution in [0.25, 0.3) is 0 Å². The predicted octanol–water partition coefficient (Wildman–Crippen LogP) is 1.58. The molecule has 1 aliphatic heterocycles. The molecule has 0 bridgehead atoms. The van der Waals surface area contributed by atoms with Crippen molar-refractivity contribution < 1.29 is 9.53 Å². The smallest absolute Gasteiger partial charge is 0.349 e. The minimum Gasteiger partial charge on any atom is -0.465 e. The number of carbonyl (C=O) groups excluding carboxylic acids is 1. The molecule has 1 aromatic rings. The normalized spacial score (nSPS) is 24.2. The summed E-state index contributed by atoms with van der Waals surface area (Å²) in [6.45, 7) is 2.27. The molecule has 0 aromatic carbocycles. The minimum atomic E-state index is -0.313. The Kier molecular flexibility index (Phi) is 3.22. The second kappa shape index (κ2) is 4.85. The maximum atomic E-state index is 11.3. The Balaban J connectivity index is 1.56. The van der Waals surface area contributed by atoms with Crippen molar-refractivity contribution in [2.24, 2.45) is 0 Å². The Morgan fingerprint density at radius 2 is 2.39 bits per heavy atom. The first-order valence-electron chi connectivity index (χ1n) is 6.31. The van der Waals surface area contributed by atoms with E-state index in [0.717, 1.165) is 24.1 Å². The van der Waals surface area contributed by atoms with E-state index in [1.165, 1.54) is 37.8 Å². The highest BCUT2D eigenvalue weighted by atomic mass is 32.1. The van der Waals surface area contributed by atoms with Crippen molar-refractivity contribution >= 4 is 22.4 Å². The Morgan fingerprint density at radius 1 is 1.56 bits per heavy atom. The standard InChI is InChI=1S/C12H17N3O2S/c1-17-11(16)10-6-13-12(18-10)14-8-4-5-15(7-8)9-2-3-9/h6,8-9H,2-5,7H2,1H3,(H,13,14). The lowest BCUT2D eigenvalue weighted by Crippen LogP contribution is -2.27. The quantitative estimate of drug-likeness (QED) is 0.839. The van der Waals surface area contributed by atoms with E-state index in [4.69, 9.17) is 0 Å². The van der Waals surface area contributed by atoms with Gasteiger partial charge in [0.1, 0.15) is 4.88 Å². The van der Waals surface area contributed by atoms with E-state index in [1.807, 2.05) is 0 Å². The van der Waals surface area contributed by atoms with Crippen molar-refractivity contribution in [1.29, 1.82) is 0 Å². The van der Waals surface area contributed by atoms with Crippen molar-refractivity contribution in [2.75, 3.05) is 25.5 Å². The van der Waals surface area contributed by atoms with Crippen LogP contribution in [0.4, 0.5) is 5.13 Å². The first-order chi connectivity index (χ1) is 8.76. The summed E-state index contributed by atoms with van der Waals surface area (Å²) in [5.74, 6) is -0.313. The van der Waals surface area contributed by atoms with Crippen LogP contribution in [0.15, 0.2) is 6.20 Å². The summed E-state index contributed by atoms with van der Waals surface area (Å²) < 4.78 is 4.67. The summed E-state index contributed by atoms with van der Waals surface area (Å²) >= 11 is 1.36. The lowest BCUT2D eigenvalue weighted by atomic mass is 10.3. The highest BCUT2D eigenvalue weighted by Crippen LogP contribution is 2.31. The fourth-order valence-corrected chi connectivity index (χ4v) is 3.20. The molecule has 1 saturated heterocycles. The number of thiazole rings is 1. The molecular weight excluding hydrogens is 250 g/mol. The number of anilines is 1. The number of esters is 1. The summed E-state index contributed by atoms with van der Waals surface area (Å²) in [4.78, 5) is 18.6. The van der Waals surface area contributed by atoms with E-state index in [1.54, 1.807) is 6.20 Å². The lowest BCUT2D eigenvalue weighted by molar-refractivity contribution is 0.0606. The molecule has 2 heterocycles. The fraction of sp³-hybridized carbons (Fsp3) is 0.667. The van der Waals surface area contributed by atoms with Gasteiger partial charge in [0.2, 0.25) is 0 Å². The number of likely N-dealkylation sites (tertiary alicyclic amines) is 1. The number of hydrogen-bond acceptors (Lipinski definition) is 6. The molecular formula is C12H17N3O2S. The molecule has 1 saturated carbocycles. The van der Waals surface area contributed by atoms with E-state index in [-0.39, 0.29) is 5.97 Å². The summed E-state index contributed by atoms with van der Waals surface area (Å²) in [5, 5.41) is 4.23. The van der Waals surface area contributed by atoms with Crippen LogP contribution in [0.3, 0.4) is 0 Å². The van der Waals surface area contributed by atoms with Crippen molar-refractivity contribution in [3.63, 3.8) is 0 Å².